The molecule has 0 aliphatic carbocycles. The van der Waals surface area contributed by atoms with Crippen molar-refractivity contribution in [2.45, 2.75) is 6.54 Å². The Bertz CT molecular complexity index is 1920. The Kier molecular flexibility index (Phi) is 5.91. The van der Waals surface area contributed by atoms with Crippen molar-refractivity contribution in [1.29, 1.82) is 0 Å². The number of halogens is 1. The monoisotopic (exact) mass is 561 g/mol. The smallest absolute Gasteiger partial charge is 0.311 e. The topological polar surface area (TPSA) is 139 Å². The van der Waals surface area contributed by atoms with E-state index < -0.39 is 40.0 Å². The minimum atomic E-state index is -4.41. The lowest BCUT2D eigenvalue weighted by atomic mass is 10.1. The molecule has 2 aromatic heterocycles. The summed E-state index contributed by atoms with van der Waals surface area (Å²) in [6.45, 7) is -0.362. The van der Waals surface area contributed by atoms with Gasteiger partial charge in [0.25, 0.3) is 11.8 Å². The zero-order chi connectivity index (χ0) is 28.2. The van der Waals surface area contributed by atoms with Crippen LogP contribution < -0.4 is 4.18 Å². The number of hydrogen-bond donors (Lipinski definition) is 2. The van der Waals surface area contributed by atoms with E-state index in [1.165, 1.54) is 65.5 Å². The number of carbonyl (C=O) groups is 2. The van der Waals surface area contributed by atoms with Crippen LogP contribution in [0, 0.1) is 5.82 Å². The summed E-state index contributed by atoms with van der Waals surface area (Å²) in [5, 5.41) is 22.1. The van der Waals surface area contributed by atoms with Crippen LogP contribution in [0.4, 0.5) is 4.39 Å². The van der Waals surface area contributed by atoms with Crippen LogP contribution >= 0.6 is 0 Å². The van der Waals surface area contributed by atoms with E-state index in [9.17, 15) is 32.6 Å². The number of rotatable bonds is 7. The molecule has 5 aromatic rings. The largest absolute Gasteiger partial charge is 0.505 e. The maximum absolute atomic E-state index is 13.4. The van der Waals surface area contributed by atoms with Gasteiger partial charge in [0, 0.05) is 24.3 Å². The number of nitrogens with zero attached hydrogens (tertiary/aromatic N) is 3. The van der Waals surface area contributed by atoms with Gasteiger partial charge in [-0.25, -0.2) is 4.39 Å². The molecule has 6 rings (SSSR count). The number of imide groups is 1. The third kappa shape index (κ3) is 4.18. The lowest BCUT2D eigenvalue weighted by Gasteiger charge is -2.15. The molecule has 1 aliphatic heterocycles. The van der Waals surface area contributed by atoms with Gasteiger partial charge >= 0.3 is 10.1 Å². The second kappa shape index (κ2) is 9.35. The van der Waals surface area contributed by atoms with Crippen LogP contribution in [0.25, 0.3) is 21.7 Å². The first-order chi connectivity index (χ1) is 19.1. The van der Waals surface area contributed by atoms with E-state index >= 15 is 0 Å². The number of amides is 2. The standard InChI is InChI=1S/C28H20FN3O7S/c29-17-9-7-16(8-10-17)14-31-15-21-22(28(31)36)24(33)23-20(6-3-11-30-23)25(21)39-40(37,38)13-12-32-26(34)18-4-1-2-5-19(18)27(32)35/h1-11,15,33,36H,12-14H2. The highest BCUT2D eigenvalue weighted by Gasteiger charge is 2.36. The maximum atomic E-state index is 13.4. The van der Waals surface area contributed by atoms with Gasteiger partial charge in [-0.1, -0.05) is 24.3 Å². The third-order valence-electron chi connectivity index (χ3n) is 6.73. The summed E-state index contributed by atoms with van der Waals surface area (Å²) in [5.41, 5.74) is 1.02. The van der Waals surface area contributed by atoms with Gasteiger partial charge in [0.1, 0.15) is 17.1 Å². The number of aromatic hydroxyl groups is 2. The van der Waals surface area contributed by atoms with Crippen LogP contribution in [0.1, 0.15) is 26.3 Å². The molecule has 2 N–H and O–H groups in total. The van der Waals surface area contributed by atoms with Crippen LogP contribution in [0.15, 0.2) is 73.1 Å². The molecule has 0 fully saturated rings. The number of benzene rings is 3. The van der Waals surface area contributed by atoms with E-state index in [4.69, 9.17) is 4.18 Å². The van der Waals surface area contributed by atoms with Crippen molar-refractivity contribution >= 4 is 43.6 Å². The Hall–Kier alpha value is -4.97. The Morgan fingerprint density at radius 3 is 2.25 bits per heavy atom. The molecule has 0 saturated carbocycles. The quantitative estimate of drug-likeness (QED) is 0.226. The Morgan fingerprint density at radius 1 is 0.900 bits per heavy atom. The molecule has 0 unspecified atom stereocenters. The van der Waals surface area contributed by atoms with Gasteiger partial charge in [0.15, 0.2) is 11.5 Å². The van der Waals surface area contributed by atoms with E-state index in [0.717, 1.165) is 4.90 Å². The molecule has 0 spiro atoms. The van der Waals surface area contributed by atoms with Crippen molar-refractivity contribution in [3.63, 3.8) is 0 Å². The first kappa shape index (κ1) is 25.3. The molecule has 2 amide bonds. The van der Waals surface area contributed by atoms with Crippen LogP contribution in [-0.4, -0.2) is 57.2 Å². The van der Waals surface area contributed by atoms with Crippen molar-refractivity contribution in [3.05, 3.63) is 95.6 Å². The Balaban J connectivity index is 1.36. The fourth-order valence-corrected chi connectivity index (χ4v) is 5.73. The number of phenols is 1. The summed E-state index contributed by atoms with van der Waals surface area (Å²) < 4.78 is 46.6. The van der Waals surface area contributed by atoms with E-state index in [2.05, 4.69) is 4.98 Å². The summed E-state index contributed by atoms with van der Waals surface area (Å²) in [5.74, 6) is -3.27. The normalized spacial score (nSPS) is 13.4. The molecule has 0 atom stereocenters. The van der Waals surface area contributed by atoms with Crippen molar-refractivity contribution in [1.82, 2.24) is 14.5 Å². The molecule has 0 bridgehead atoms. The van der Waals surface area contributed by atoms with Crippen molar-refractivity contribution in [2.75, 3.05) is 12.3 Å². The highest BCUT2D eigenvalue weighted by molar-refractivity contribution is 7.87. The molecule has 202 valence electrons. The van der Waals surface area contributed by atoms with Gasteiger partial charge in [0.2, 0.25) is 5.88 Å². The molecule has 3 heterocycles. The lowest BCUT2D eigenvalue weighted by molar-refractivity contribution is 0.0663. The average molecular weight is 562 g/mol. The zero-order valence-corrected chi connectivity index (χ0v) is 21.4. The average Bonchev–Trinajstić information content (AvgIpc) is 3.40. The predicted octanol–water partition coefficient (Wildman–Crippen LogP) is 3.79. The highest BCUT2D eigenvalue weighted by atomic mass is 32.2. The summed E-state index contributed by atoms with van der Waals surface area (Å²) in [4.78, 5) is 30.3. The summed E-state index contributed by atoms with van der Waals surface area (Å²) >= 11 is 0. The summed E-state index contributed by atoms with van der Waals surface area (Å²) in [7, 11) is -4.41. The van der Waals surface area contributed by atoms with Gasteiger partial charge in [-0.3, -0.25) is 19.5 Å². The number of pyridine rings is 1. The second-order valence-corrected chi connectivity index (χ2v) is 10.9. The van der Waals surface area contributed by atoms with E-state index in [0.29, 0.717) is 5.56 Å². The Labute approximate surface area is 226 Å². The molecule has 12 heteroatoms. The van der Waals surface area contributed by atoms with Crippen molar-refractivity contribution < 1.29 is 36.8 Å². The second-order valence-electron chi connectivity index (χ2n) is 9.23. The van der Waals surface area contributed by atoms with Crippen LogP contribution in [0.3, 0.4) is 0 Å². The Morgan fingerprint density at radius 2 is 1.57 bits per heavy atom. The minimum Gasteiger partial charge on any atom is -0.505 e. The molecular formula is C28H20FN3O7S. The molecule has 0 radical (unpaired) electrons. The molecular weight excluding hydrogens is 541 g/mol. The number of hydrogen-bond acceptors (Lipinski definition) is 8. The van der Waals surface area contributed by atoms with E-state index in [1.807, 2.05) is 0 Å². The van der Waals surface area contributed by atoms with E-state index in [1.54, 1.807) is 12.1 Å². The molecule has 10 nitrogen and oxygen atoms in total. The first-order valence-electron chi connectivity index (χ1n) is 12.1. The number of fused-ring (bicyclic) bond motifs is 3. The molecule has 40 heavy (non-hydrogen) atoms. The van der Waals surface area contributed by atoms with Gasteiger partial charge in [-0.2, -0.15) is 8.42 Å². The first-order valence-corrected chi connectivity index (χ1v) is 13.7. The molecule has 3 aromatic carbocycles. The third-order valence-corrected chi connectivity index (χ3v) is 7.83. The van der Waals surface area contributed by atoms with Crippen LogP contribution in [-0.2, 0) is 16.7 Å². The van der Waals surface area contributed by atoms with Gasteiger partial charge in [-0.15, -0.1) is 0 Å². The van der Waals surface area contributed by atoms with Crippen LogP contribution in [0.2, 0.25) is 0 Å². The molecule has 0 saturated heterocycles. The van der Waals surface area contributed by atoms with Gasteiger partial charge < -0.3 is 19.0 Å². The number of phenolic OH excluding ortho intramolecular Hbond substituents is 1. The predicted molar refractivity (Wildman–Crippen MR) is 142 cm³/mol. The SMILES string of the molecule is O=C1c2ccccc2C(=O)N1CCS(=O)(=O)Oc1c2cccnc2c(O)c2c(O)n(Cc3ccc(F)cc3)cc12. The maximum Gasteiger partial charge on any atom is 0.311 e. The summed E-state index contributed by atoms with van der Waals surface area (Å²) in [6, 6.07) is 14.8. The zero-order valence-electron chi connectivity index (χ0n) is 20.6. The van der Waals surface area contributed by atoms with Gasteiger partial charge in [-0.05, 0) is 42.0 Å². The molecule has 1 aliphatic rings. The van der Waals surface area contributed by atoms with Crippen molar-refractivity contribution in [2.24, 2.45) is 0 Å². The lowest BCUT2D eigenvalue weighted by Crippen LogP contribution is -2.35. The van der Waals surface area contributed by atoms with E-state index in [-0.39, 0.29) is 56.7 Å². The number of aromatic nitrogens is 2. The fourth-order valence-electron chi connectivity index (χ4n) is 4.80. The van der Waals surface area contributed by atoms with Gasteiger partial charge in [0.05, 0.1) is 28.4 Å². The highest BCUT2D eigenvalue weighted by Crippen LogP contribution is 2.46. The minimum absolute atomic E-state index is 0.00428. The fraction of sp³-hybridized carbons (Fsp3) is 0.107. The number of carbonyl (C=O) groups excluding carboxylic acids is 2. The summed E-state index contributed by atoms with van der Waals surface area (Å²) in [6.07, 6.45) is 2.80. The van der Waals surface area contributed by atoms with Crippen molar-refractivity contribution in [3.8, 4) is 17.4 Å². The van der Waals surface area contributed by atoms with Crippen LogP contribution in [0.5, 0.6) is 17.4 Å².